The van der Waals surface area contributed by atoms with E-state index in [2.05, 4.69) is 15.9 Å². The molecular weight excluding hydrogens is 290 g/mol. The number of ketones is 1. The van der Waals surface area contributed by atoms with Crippen molar-refractivity contribution in [2.75, 3.05) is 19.8 Å². The van der Waals surface area contributed by atoms with Gasteiger partial charge in [0.2, 0.25) is 0 Å². The van der Waals surface area contributed by atoms with Crippen LogP contribution in [-0.2, 0) is 19.1 Å². The zero-order chi connectivity index (χ0) is 13.7. The van der Waals surface area contributed by atoms with Crippen LogP contribution in [0.5, 0.6) is 0 Å². The number of carbonyl (C=O) groups is 3. The number of amides is 2. The summed E-state index contributed by atoms with van der Waals surface area (Å²) in [5, 5.41) is 0. The first-order valence-electron chi connectivity index (χ1n) is 5.77. The lowest BCUT2D eigenvalue weighted by Gasteiger charge is -2.13. The molecule has 1 atom stereocenters. The van der Waals surface area contributed by atoms with Gasteiger partial charge in [-0.15, -0.1) is 0 Å². The molecule has 17 heavy (non-hydrogen) atoms. The van der Waals surface area contributed by atoms with Crippen LogP contribution in [0.1, 0.15) is 21.1 Å². The highest BCUT2D eigenvalue weighted by Crippen LogP contribution is 2.17. The van der Waals surface area contributed by atoms with Gasteiger partial charge in [0.15, 0.2) is 0 Å². The topological polar surface area (TPSA) is 63.7 Å². The van der Waals surface area contributed by atoms with Crippen LogP contribution in [0.25, 0.3) is 0 Å². The van der Waals surface area contributed by atoms with E-state index in [0.717, 1.165) is 4.90 Å². The largest absolute Gasteiger partial charge is 0.379 e. The van der Waals surface area contributed by atoms with E-state index in [1.807, 2.05) is 0 Å². The molecule has 1 aliphatic heterocycles. The summed E-state index contributed by atoms with van der Waals surface area (Å²) in [5.74, 6) is -0.932. The monoisotopic (exact) mass is 305 g/mol. The zero-order valence-electron chi connectivity index (χ0n) is 10.4. The Bertz CT molecular complexity index is 395. The lowest BCUT2D eigenvalue weighted by atomic mass is 10.2. The molecule has 1 heterocycles. The maximum Gasteiger partial charge on any atom is 0.268 e. The van der Waals surface area contributed by atoms with Crippen LogP contribution in [0.3, 0.4) is 0 Å². The summed E-state index contributed by atoms with van der Waals surface area (Å²) in [6.07, 6.45) is 0.651. The van der Waals surface area contributed by atoms with Crippen molar-refractivity contribution in [3.8, 4) is 0 Å². The highest BCUT2D eigenvalue weighted by atomic mass is 79.9. The highest BCUT2D eigenvalue weighted by Gasteiger charge is 2.28. The number of Topliss-reactive ketones (excluding diaryl/α,β-unsaturated/α-hetero) is 1. The maximum atomic E-state index is 11.4. The molecule has 0 aromatic rings. The number of imide groups is 1. The van der Waals surface area contributed by atoms with Crippen molar-refractivity contribution >= 4 is 33.5 Å². The van der Waals surface area contributed by atoms with Gasteiger partial charge in [-0.1, -0.05) is 6.92 Å². The molecule has 1 aliphatic rings. The van der Waals surface area contributed by atoms with Gasteiger partial charge >= 0.3 is 0 Å². The van der Waals surface area contributed by atoms with Crippen LogP contribution in [0.15, 0.2) is 10.6 Å². The van der Waals surface area contributed by atoms with Gasteiger partial charge in [-0.25, -0.2) is 0 Å². The molecule has 94 valence electrons. The Balaban J connectivity index is 2.18. The molecule has 0 saturated heterocycles. The Labute approximate surface area is 109 Å². The van der Waals surface area contributed by atoms with Crippen molar-refractivity contribution < 1.29 is 20.5 Å². The third kappa shape index (κ3) is 4.05. The molecule has 0 aromatic carbocycles. The molecular formula is C11H14BrNO4. The zero-order valence-corrected chi connectivity index (χ0v) is 11.0. The fourth-order valence-electron chi connectivity index (χ4n) is 1.26. The minimum atomic E-state index is -0.740. The lowest BCUT2D eigenvalue weighted by Crippen LogP contribution is -2.33. The van der Waals surface area contributed by atoms with Crippen molar-refractivity contribution in [2.24, 2.45) is 0 Å². The van der Waals surface area contributed by atoms with Crippen molar-refractivity contribution in [2.45, 2.75) is 19.7 Å². The fourth-order valence-corrected chi connectivity index (χ4v) is 1.67. The smallest absolute Gasteiger partial charge is 0.268 e. The minimum absolute atomic E-state index is 0.161. The Morgan fingerprint density at radius 1 is 1.53 bits per heavy atom. The first-order valence-corrected chi connectivity index (χ1v) is 5.98. The van der Waals surface area contributed by atoms with Gasteiger partial charge in [-0.3, -0.25) is 19.3 Å². The van der Waals surface area contributed by atoms with E-state index in [1.54, 1.807) is 0 Å². The summed E-state index contributed by atoms with van der Waals surface area (Å²) in [7, 11) is 0. The summed E-state index contributed by atoms with van der Waals surface area (Å²) in [4.78, 5) is 34.9. The molecule has 5 nitrogen and oxygen atoms in total. The number of halogens is 1. The second-order valence-electron chi connectivity index (χ2n) is 3.40. The molecule has 1 unspecified atom stereocenters. The van der Waals surface area contributed by atoms with Gasteiger partial charge in [0, 0.05) is 20.3 Å². The summed E-state index contributed by atoms with van der Waals surface area (Å²) in [5.41, 5.74) is 0. The quantitative estimate of drug-likeness (QED) is 0.520. The van der Waals surface area contributed by atoms with Gasteiger partial charge in [0.05, 0.1) is 24.2 Å². The van der Waals surface area contributed by atoms with E-state index >= 15 is 0 Å². The van der Waals surface area contributed by atoms with Gasteiger partial charge in [-0.05, 0) is 15.9 Å². The van der Waals surface area contributed by atoms with Gasteiger partial charge in [0.1, 0.15) is 5.78 Å². The predicted octanol–water partition coefficient (Wildman–Crippen LogP) is 1.02. The van der Waals surface area contributed by atoms with Gasteiger partial charge in [0.25, 0.3) is 11.8 Å². The first-order chi connectivity index (χ1) is 8.43. The minimum Gasteiger partial charge on any atom is -0.379 e. The Morgan fingerprint density at radius 2 is 2.24 bits per heavy atom. The van der Waals surface area contributed by atoms with Crippen molar-refractivity contribution in [1.82, 2.24) is 4.90 Å². The molecule has 2 amide bonds. The summed E-state index contributed by atoms with van der Waals surface area (Å²) >= 11 is 2.98. The Hall–Kier alpha value is -1.01. The summed E-state index contributed by atoms with van der Waals surface area (Å²) in [6, 6.07) is 0. The van der Waals surface area contributed by atoms with E-state index in [-0.39, 0.29) is 48.3 Å². The highest BCUT2D eigenvalue weighted by molar-refractivity contribution is 9.12. The van der Waals surface area contributed by atoms with Crippen LogP contribution >= 0.6 is 15.9 Å². The molecule has 0 bridgehead atoms. The van der Waals surface area contributed by atoms with E-state index in [9.17, 15) is 14.4 Å². The van der Waals surface area contributed by atoms with Crippen molar-refractivity contribution in [3.05, 3.63) is 10.6 Å². The second kappa shape index (κ2) is 6.66. The van der Waals surface area contributed by atoms with Crippen LogP contribution in [0, 0.1) is 0 Å². The molecule has 0 aliphatic carbocycles. The number of hydrogen-bond acceptors (Lipinski definition) is 4. The maximum absolute atomic E-state index is 11.4. The van der Waals surface area contributed by atoms with Gasteiger partial charge < -0.3 is 4.74 Å². The average Bonchev–Trinajstić information content (AvgIpc) is 2.54. The number of ether oxygens (including phenoxy) is 1. The van der Waals surface area contributed by atoms with Crippen LogP contribution in [0.2, 0.25) is 0 Å². The van der Waals surface area contributed by atoms with E-state index in [4.69, 9.17) is 6.11 Å². The van der Waals surface area contributed by atoms with E-state index in [0.29, 0.717) is 0 Å². The summed E-state index contributed by atoms with van der Waals surface area (Å²) < 4.78 is 12.6. The number of hydrogen-bond donors (Lipinski definition) is 0. The molecule has 0 fully saturated rings. The van der Waals surface area contributed by atoms with Crippen LogP contribution in [-0.4, -0.2) is 42.3 Å². The van der Waals surface area contributed by atoms with Gasteiger partial charge in [-0.2, -0.15) is 0 Å². The first kappa shape index (κ1) is 12.4. The number of rotatable bonds is 7. The van der Waals surface area contributed by atoms with Crippen molar-refractivity contribution in [1.29, 1.82) is 0 Å². The molecule has 6 heteroatoms. The van der Waals surface area contributed by atoms with E-state index in [1.165, 1.54) is 13.0 Å². The number of nitrogens with zero attached hydrogens (tertiary/aromatic N) is 1. The third-order valence-corrected chi connectivity index (χ3v) is 2.81. The standard InChI is InChI=1S/C11H14BrNO4/c1-2-8(14)3-5-17-6-4-13-10(15)7-9(12)11(13)16/h7H,2-6H2,1H3/i2T. The van der Waals surface area contributed by atoms with Crippen LogP contribution < -0.4 is 0 Å². The fraction of sp³-hybridized carbons (Fsp3) is 0.545. The summed E-state index contributed by atoms with van der Waals surface area (Å²) in [6.45, 7) is 2.05. The molecule has 0 aromatic heterocycles. The Kier molecular flexibility index (Phi) is 4.88. The second-order valence-corrected chi connectivity index (χ2v) is 4.26. The number of carbonyl (C=O) groups excluding carboxylic acids is 3. The molecule has 0 spiro atoms. The molecule has 1 rings (SSSR count). The van der Waals surface area contributed by atoms with Crippen LogP contribution in [0.4, 0.5) is 0 Å². The average molecular weight is 306 g/mol. The van der Waals surface area contributed by atoms with E-state index < -0.39 is 6.40 Å². The molecule has 0 radical (unpaired) electrons. The Morgan fingerprint density at radius 3 is 2.76 bits per heavy atom. The third-order valence-electron chi connectivity index (χ3n) is 2.24. The van der Waals surface area contributed by atoms with Crippen molar-refractivity contribution in [3.63, 3.8) is 0 Å². The normalized spacial score (nSPS) is 18.1. The predicted molar refractivity (Wildman–Crippen MR) is 64.5 cm³/mol. The SMILES string of the molecule is [3H]C(C)C(=O)CCOCCN1C(=O)C=C(Br)C1=O. The molecule has 0 N–H and O–H groups in total. The lowest BCUT2D eigenvalue weighted by molar-refractivity contribution is -0.138. The molecule has 0 saturated carbocycles.